The van der Waals surface area contributed by atoms with Crippen molar-refractivity contribution in [2.75, 3.05) is 72.7 Å². The molecule has 2 amide bonds. The number of nitrogens with zero attached hydrogens (tertiary/aromatic N) is 3. The Morgan fingerprint density at radius 3 is 2.13 bits per heavy atom. The third kappa shape index (κ3) is 5.42. The fraction of sp³-hybridized carbons (Fsp3) is 0.867. The summed E-state index contributed by atoms with van der Waals surface area (Å²) in [6, 6.07) is 0. The number of ether oxygens (including phenoxy) is 2. The SMILES string of the molecule is COC(CN)CC(=O)N1CCN(C(=O)CN2CCOCC2)CC1. The number of nitrogens with two attached hydrogens (primary N) is 1. The molecule has 0 aromatic heterocycles. The summed E-state index contributed by atoms with van der Waals surface area (Å²) in [5, 5.41) is 0. The van der Waals surface area contributed by atoms with Gasteiger partial charge < -0.3 is 25.0 Å². The number of rotatable bonds is 6. The molecule has 132 valence electrons. The lowest BCUT2D eigenvalue weighted by molar-refractivity contribution is -0.142. The first-order valence-electron chi connectivity index (χ1n) is 8.22. The van der Waals surface area contributed by atoms with Crippen molar-refractivity contribution in [1.29, 1.82) is 0 Å². The number of morpholine rings is 1. The lowest BCUT2D eigenvalue weighted by atomic mass is 10.2. The summed E-state index contributed by atoms with van der Waals surface area (Å²) < 4.78 is 10.4. The zero-order chi connectivity index (χ0) is 16.7. The molecule has 23 heavy (non-hydrogen) atoms. The molecule has 0 spiro atoms. The number of carbonyl (C=O) groups is 2. The second kappa shape index (κ2) is 9.17. The molecule has 0 aliphatic carbocycles. The zero-order valence-corrected chi connectivity index (χ0v) is 13.9. The first-order valence-corrected chi connectivity index (χ1v) is 8.22. The molecule has 2 rings (SSSR count). The quantitative estimate of drug-likeness (QED) is 0.629. The van der Waals surface area contributed by atoms with Gasteiger partial charge in [0.2, 0.25) is 11.8 Å². The van der Waals surface area contributed by atoms with Crippen LogP contribution >= 0.6 is 0 Å². The Morgan fingerprint density at radius 1 is 1.04 bits per heavy atom. The molecule has 2 fully saturated rings. The van der Waals surface area contributed by atoms with Crippen molar-refractivity contribution in [3.05, 3.63) is 0 Å². The Balaban J connectivity index is 1.72. The molecule has 2 heterocycles. The Bertz CT molecular complexity index is 389. The molecule has 1 unspecified atom stereocenters. The van der Waals surface area contributed by atoms with E-state index in [0.717, 1.165) is 13.1 Å². The van der Waals surface area contributed by atoms with Gasteiger partial charge in [0.15, 0.2) is 0 Å². The maximum Gasteiger partial charge on any atom is 0.236 e. The van der Waals surface area contributed by atoms with Crippen LogP contribution in [-0.4, -0.2) is 105 Å². The predicted octanol–water partition coefficient (Wildman–Crippen LogP) is -1.65. The summed E-state index contributed by atoms with van der Waals surface area (Å²) in [6.45, 7) is 6.11. The van der Waals surface area contributed by atoms with E-state index in [0.29, 0.717) is 58.9 Å². The fourth-order valence-corrected chi connectivity index (χ4v) is 2.84. The molecular formula is C15H28N4O4. The Hall–Kier alpha value is -1.22. The Kier molecular flexibility index (Phi) is 7.22. The van der Waals surface area contributed by atoms with Crippen molar-refractivity contribution < 1.29 is 19.1 Å². The molecule has 2 saturated heterocycles. The summed E-state index contributed by atoms with van der Waals surface area (Å²) in [4.78, 5) is 30.3. The minimum absolute atomic E-state index is 0.0441. The van der Waals surface area contributed by atoms with Gasteiger partial charge >= 0.3 is 0 Å². The summed E-state index contributed by atoms with van der Waals surface area (Å²) >= 11 is 0. The molecular weight excluding hydrogens is 300 g/mol. The van der Waals surface area contributed by atoms with E-state index in [9.17, 15) is 9.59 Å². The van der Waals surface area contributed by atoms with E-state index in [4.69, 9.17) is 15.2 Å². The average molecular weight is 328 g/mol. The van der Waals surface area contributed by atoms with E-state index in [1.165, 1.54) is 0 Å². The number of piperazine rings is 1. The van der Waals surface area contributed by atoms with Gasteiger partial charge in [0, 0.05) is 52.9 Å². The smallest absolute Gasteiger partial charge is 0.236 e. The van der Waals surface area contributed by atoms with Gasteiger partial charge in [0.1, 0.15) is 0 Å². The number of hydrogen-bond acceptors (Lipinski definition) is 6. The van der Waals surface area contributed by atoms with Crippen molar-refractivity contribution in [3.63, 3.8) is 0 Å². The highest BCUT2D eigenvalue weighted by molar-refractivity contribution is 5.80. The van der Waals surface area contributed by atoms with Gasteiger partial charge in [-0.3, -0.25) is 14.5 Å². The molecule has 0 radical (unpaired) electrons. The lowest BCUT2D eigenvalue weighted by Crippen LogP contribution is -2.53. The molecule has 2 N–H and O–H groups in total. The van der Waals surface area contributed by atoms with Gasteiger partial charge in [-0.25, -0.2) is 0 Å². The van der Waals surface area contributed by atoms with Crippen molar-refractivity contribution in [2.45, 2.75) is 12.5 Å². The predicted molar refractivity (Wildman–Crippen MR) is 84.9 cm³/mol. The normalized spacial score (nSPS) is 21.3. The van der Waals surface area contributed by atoms with Crippen LogP contribution in [0.4, 0.5) is 0 Å². The van der Waals surface area contributed by atoms with E-state index >= 15 is 0 Å². The lowest BCUT2D eigenvalue weighted by Gasteiger charge is -2.36. The monoisotopic (exact) mass is 328 g/mol. The van der Waals surface area contributed by atoms with Crippen LogP contribution in [-0.2, 0) is 19.1 Å². The molecule has 0 aromatic rings. The zero-order valence-electron chi connectivity index (χ0n) is 13.9. The van der Waals surface area contributed by atoms with Crippen LogP contribution in [0.2, 0.25) is 0 Å². The Morgan fingerprint density at radius 2 is 1.61 bits per heavy atom. The van der Waals surface area contributed by atoms with Crippen LogP contribution < -0.4 is 5.73 Å². The minimum atomic E-state index is -0.233. The van der Waals surface area contributed by atoms with Crippen LogP contribution in [0.1, 0.15) is 6.42 Å². The molecule has 0 aromatic carbocycles. The van der Waals surface area contributed by atoms with Gasteiger partial charge in [0.25, 0.3) is 0 Å². The fourth-order valence-electron chi connectivity index (χ4n) is 2.84. The van der Waals surface area contributed by atoms with Crippen LogP contribution in [0.3, 0.4) is 0 Å². The van der Waals surface area contributed by atoms with Gasteiger partial charge in [-0.2, -0.15) is 0 Å². The van der Waals surface area contributed by atoms with Crippen molar-refractivity contribution >= 4 is 11.8 Å². The van der Waals surface area contributed by atoms with Gasteiger partial charge in [-0.05, 0) is 0 Å². The molecule has 8 heteroatoms. The highest BCUT2D eigenvalue weighted by atomic mass is 16.5. The number of hydrogen-bond donors (Lipinski definition) is 1. The molecule has 1 atom stereocenters. The number of carbonyl (C=O) groups excluding carboxylic acids is 2. The summed E-state index contributed by atoms with van der Waals surface area (Å²) in [7, 11) is 1.56. The second-order valence-corrected chi connectivity index (χ2v) is 5.95. The molecule has 8 nitrogen and oxygen atoms in total. The second-order valence-electron chi connectivity index (χ2n) is 5.95. The van der Waals surface area contributed by atoms with Crippen LogP contribution in [0, 0.1) is 0 Å². The molecule has 2 aliphatic rings. The molecule has 0 bridgehead atoms. The van der Waals surface area contributed by atoms with Crippen LogP contribution in [0.15, 0.2) is 0 Å². The minimum Gasteiger partial charge on any atom is -0.380 e. The van der Waals surface area contributed by atoms with Crippen molar-refractivity contribution in [3.8, 4) is 0 Å². The average Bonchev–Trinajstić information content (AvgIpc) is 2.60. The van der Waals surface area contributed by atoms with Crippen molar-refractivity contribution in [1.82, 2.24) is 14.7 Å². The first kappa shape index (κ1) is 18.1. The summed E-state index contributed by atoms with van der Waals surface area (Å²) in [5.41, 5.74) is 5.55. The third-order valence-corrected chi connectivity index (χ3v) is 4.45. The first-order chi connectivity index (χ1) is 11.1. The van der Waals surface area contributed by atoms with E-state index in [1.807, 2.05) is 4.90 Å². The molecule has 2 aliphatic heterocycles. The summed E-state index contributed by atoms with van der Waals surface area (Å²) in [6.07, 6.45) is 0.0674. The van der Waals surface area contributed by atoms with E-state index in [2.05, 4.69) is 4.90 Å². The highest BCUT2D eigenvalue weighted by Gasteiger charge is 2.26. The summed E-state index contributed by atoms with van der Waals surface area (Å²) in [5.74, 6) is 0.179. The van der Waals surface area contributed by atoms with Crippen LogP contribution in [0.5, 0.6) is 0 Å². The Labute approximate surface area is 137 Å². The third-order valence-electron chi connectivity index (χ3n) is 4.45. The topological polar surface area (TPSA) is 88.3 Å². The van der Waals surface area contributed by atoms with Crippen molar-refractivity contribution in [2.24, 2.45) is 5.73 Å². The van der Waals surface area contributed by atoms with Gasteiger partial charge in [-0.1, -0.05) is 0 Å². The standard InChI is InChI=1S/C15H28N4O4/c1-22-13(11-16)10-14(20)18-2-4-19(5-3-18)15(21)12-17-6-8-23-9-7-17/h13H,2-12,16H2,1H3. The van der Waals surface area contributed by atoms with E-state index in [1.54, 1.807) is 12.0 Å². The number of methoxy groups -OCH3 is 1. The van der Waals surface area contributed by atoms with Gasteiger partial charge in [-0.15, -0.1) is 0 Å². The maximum atomic E-state index is 12.3. The van der Waals surface area contributed by atoms with E-state index in [-0.39, 0.29) is 17.9 Å². The van der Waals surface area contributed by atoms with E-state index < -0.39 is 0 Å². The number of amides is 2. The van der Waals surface area contributed by atoms with Crippen LogP contribution in [0.25, 0.3) is 0 Å². The molecule has 0 saturated carbocycles. The highest BCUT2D eigenvalue weighted by Crippen LogP contribution is 2.08. The van der Waals surface area contributed by atoms with Gasteiger partial charge in [0.05, 0.1) is 32.3 Å². The largest absolute Gasteiger partial charge is 0.380 e. The maximum absolute atomic E-state index is 12.3.